The van der Waals surface area contributed by atoms with Crippen LogP contribution in [0.4, 0.5) is 18.9 Å². The van der Waals surface area contributed by atoms with Crippen molar-refractivity contribution in [2.24, 2.45) is 11.7 Å². The number of hydrogen-bond donors (Lipinski definition) is 3. The summed E-state index contributed by atoms with van der Waals surface area (Å²) in [5.41, 5.74) is 5.24. The number of nitrogens with two attached hydrogens (primary N) is 1. The van der Waals surface area contributed by atoms with E-state index in [1.165, 1.54) is 6.07 Å². The van der Waals surface area contributed by atoms with Gasteiger partial charge in [-0.25, -0.2) is 0 Å². The van der Waals surface area contributed by atoms with E-state index in [1.807, 2.05) is 4.90 Å². The lowest BCUT2D eigenvalue weighted by molar-refractivity contribution is -0.137. The van der Waals surface area contributed by atoms with Gasteiger partial charge in [0.15, 0.2) is 0 Å². The first-order valence-electron chi connectivity index (χ1n) is 6.74. The van der Waals surface area contributed by atoms with Crippen molar-refractivity contribution in [3.05, 3.63) is 29.3 Å². The van der Waals surface area contributed by atoms with Crippen molar-refractivity contribution in [3.8, 4) is 0 Å². The van der Waals surface area contributed by atoms with Crippen LogP contribution in [0.25, 0.3) is 0 Å². The number of benzene rings is 1. The van der Waals surface area contributed by atoms with Gasteiger partial charge in [0.25, 0.3) is 0 Å². The Kier molecular flexibility index (Phi) is 4.41. The van der Waals surface area contributed by atoms with E-state index in [1.54, 1.807) is 0 Å². The molecule has 1 aliphatic rings. The Morgan fingerprint density at radius 2 is 2.14 bits per heavy atom. The van der Waals surface area contributed by atoms with Gasteiger partial charge in [0, 0.05) is 30.9 Å². The van der Waals surface area contributed by atoms with Crippen molar-refractivity contribution in [3.63, 3.8) is 0 Å². The lowest BCUT2D eigenvalue weighted by Crippen LogP contribution is -2.38. The van der Waals surface area contributed by atoms with E-state index in [-0.39, 0.29) is 23.9 Å². The molecule has 0 bridgehead atoms. The van der Waals surface area contributed by atoms with E-state index in [4.69, 9.17) is 11.1 Å². The minimum absolute atomic E-state index is 0.0482. The second-order valence-electron chi connectivity index (χ2n) is 5.28. The molecule has 0 radical (unpaired) electrons. The maximum atomic E-state index is 12.8. The Hall–Kier alpha value is -1.76. The number of nitrogen functional groups attached to an aromatic ring is 1. The van der Waals surface area contributed by atoms with Gasteiger partial charge >= 0.3 is 6.18 Å². The fourth-order valence-corrected chi connectivity index (χ4v) is 2.64. The largest absolute Gasteiger partial charge is 0.416 e. The van der Waals surface area contributed by atoms with Crippen LogP contribution < -0.4 is 10.6 Å². The quantitative estimate of drug-likeness (QED) is 0.592. The Morgan fingerprint density at radius 1 is 1.43 bits per heavy atom. The normalized spacial score (nSPS) is 19.6. The number of nitrogens with one attached hydrogen (secondary N) is 1. The van der Waals surface area contributed by atoms with Gasteiger partial charge in [-0.2, -0.15) is 13.2 Å². The lowest BCUT2D eigenvalue weighted by atomic mass is 9.97. The molecule has 1 saturated heterocycles. The van der Waals surface area contributed by atoms with Gasteiger partial charge in [-0.1, -0.05) is 0 Å². The predicted octanol–water partition coefficient (Wildman–Crippen LogP) is 2.20. The summed E-state index contributed by atoms with van der Waals surface area (Å²) in [4.78, 5) is 1.89. The monoisotopic (exact) mass is 301 g/mol. The molecule has 1 aromatic carbocycles. The molecule has 0 saturated carbocycles. The van der Waals surface area contributed by atoms with Crippen LogP contribution in [-0.2, 0) is 6.18 Å². The summed E-state index contributed by atoms with van der Waals surface area (Å²) in [6.45, 7) is 1.29. The van der Waals surface area contributed by atoms with Crippen molar-refractivity contribution >= 4 is 11.5 Å². The molecule has 1 fully saturated rings. The van der Waals surface area contributed by atoms with Crippen molar-refractivity contribution < 1.29 is 18.3 Å². The second kappa shape index (κ2) is 5.93. The molecule has 1 unspecified atom stereocenters. The number of aliphatic hydroxyl groups is 1. The van der Waals surface area contributed by atoms with Gasteiger partial charge in [-0.3, -0.25) is 5.41 Å². The zero-order chi connectivity index (χ0) is 15.6. The van der Waals surface area contributed by atoms with Gasteiger partial charge in [0.1, 0.15) is 5.84 Å². The highest BCUT2D eigenvalue weighted by Crippen LogP contribution is 2.34. The summed E-state index contributed by atoms with van der Waals surface area (Å²) in [6, 6.07) is 3.28. The highest BCUT2D eigenvalue weighted by Gasteiger charge is 2.32. The average molecular weight is 301 g/mol. The third-order valence-electron chi connectivity index (χ3n) is 3.73. The van der Waals surface area contributed by atoms with Gasteiger partial charge < -0.3 is 15.7 Å². The summed E-state index contributed by atoms with van der Waals surface area (Å²) < 4.78 is 38.3. The topological polar surface area (TPSA) is 73.3 Å². The average Bonchev–Trinajstić information content (AvgIpc) is 2.45. The molecule has 1 heterocycles. The number of aliphatic hydroxyl groups excluding tert-OH is 1. The molecule has 1 aromatic rings. The van der Waals surface area contributed by atoms with Crippen LogP contribution in [-0.4, -0.2) is 30.6 Å². The number of alkyl halides is 3. The summed E-state index contributed by atoms with van der Waals surface area (Å²) in [6.07, 6.45) is -2.72. The molecule has 116 valence electrons. The molecule has 4 N–H and O–H groups in total. The molecule has 7 heteroatoms. The van der Waals surface area contributed by atoms with Gasteiger partial charge in [0.05, 0.1) is 5.56 Å². The molecule has 1 atom stereocenters. The number of nitrogens with zero attached hydrogens (tertiary/aromatic N) is 1. The van der Waals surface area contributed by atoms with Crippen LogP contribution in [0, 0.1) is 11.3 Å². The van der Waals surface area contributed by atoms with Gasteiger partial charge in [0.2, 0.25) is 0 Å². The minimum atomic E-state index is -4.46. The fraction of sp³-hybridized carbons (Fsp3) is 0.500. The molecule has 0 aromatic heterocycles. The molecule has 1 aliphatic heterocycles. The van der Waals surface area contributed by atoms with Crippen molar-refractivity contribution in [1.29, 1.82) is 5.41 Å². The maximum Gasteiger partial charge on any atom is 0.416 e. The third-order valence-corrected chi connectivity index (χ3v) is 3.73. The Bertz CT molecular complexity index is 531. The van der Waals surface area contributed by atoms with Gasteiger partial charge in [-0.05, 0) is 37.0 Å². The summed E-state index contributed by atoms with van der Waals surface area (Å²) in [5.74, 6) is -0.289. The number of piperidine rings is 1. The molecule has 0 amide bonds. The highest BCUT2D eigenvalue weighted by atomic mass is 19.4. The summed E-state index contributed by atoms with van der Waals surface area (Å²) in [7, 11) is 0. The van der Waals surface area contributed by atoms with E-state index in [2.05, 4.69) is 0 Å². The fourth-order valence-electron chi connectivity index (χ4n) is 2.64. The number of amidine groups is 1. The Balaban J connectivity index is 2.37. The van der Waals surface area contributed by atoms with E-state index in [9.17, 15) is 18.3 Å². The van der Waals surface area contributed by atoms with E-state index < -0.39 is 11.7 Å². The Morgan fingerprint density at radius 3 is 2.71 bits per heavy atom. The number of halogens is 3. The van der Waals surface area contributed by atoms with Crippen LogP contribution in [0.1, 0.15) is 24.0 Å². The smallest absolute Gasteiger partial charge is 0.396 e. The minimum Gasteiger partial charge on any atom is -0.396 e. The van der Waals surface area contributed by atoms with E-state index >= 15 is 0 Å². The van der Waals surface area contributed by atoms with Crippen LogP contribution in [0.5, 0.6) is 0 Å². The third kappa shape index (κ3) is 3.47. The standard InChI is InChI=1S/C14H18F3N3O/c15-14(16,17)10-3-4-12(11(6-10)13(18)19)20-5-1-2-9(7-20)8-21/h3-4,6,9,21H,1-2,5,7-8H2,(H3,18,19). The predicted molar refractivity (Wildman–Crippen MR) is 74.5 cm³/mol. The summed E-state index contributed by atoms with van der Waals surface area (Å²) >= 11 is 0. The molecule has 0 spiro atoms. The van der Waals surface area contributed by atoms with Crippen molar-refractivity contribution in [2.75, 3.05) is 24.6 Å². The molecule has 2 rings (SSSR count). The molecular formula is C14H18F3N3O. The molecule has 0 aliphatic carbocycles. The van der Waals surface area contributed by atoms with Crippen molar-refractivity contribution in [2.45, 2.75) is 19.0 Å². The first-order chi connectivity index (χ1) is 9.82. The zero-order valence-electron chi connectivity index (χ0n) is 11.5. The SMILES string of the molecule is N=C(N)c1cc(C(F)(F)F)ccc1N1CCCC(CO)C1. The maximum absolute atomic E-state index is 12.8. The van der Waals surface area contributed by atoms with E-state index in [0.717, 1.165) is 25.0 Å². The molecular weight excluding hydrogens is 283 g/mol. The van der Waals surface area contributed by atoms with Crippen LogP contribution in [0.2, 0.25) is 0 Å². The van der Waals surface area contributed by atoms with Crippen LogP contribution >= 0.6 is 0 Å². The summed E-state index contributed by atoms with van der Waals surface area (Å²) in [5, 5.41) is 16.8. The number of rotatable bonds is 3. The molecule has 21 heavy (non-hydrogen) atoms. The van der Waals surface area contributed by atoms with Crippen molar-refractivity contribution in [1.82, 2.24) is 0 Å². The number of hydrogen-bond acceptors (Lipinski definition) is 3. The second-order valence-corrected chi connectivity index (χ2v) is 5.28. The zero-order valence-corrected chi connectivity index (χ0v) is 11.5. The highest BCUT2D eigenvalue weighted by molar-refractivity contribution is 6.00. The van der Waals surface area contributed by atoms with Crippen LogP contribution in [0.15, 0.2) is 18.2 Å². The lowest BCUT2D eigenvalue weighted by Gasteiger charge is -2.35. The first-order valence-corrected chi connectivity index (χ1v) is 6.74. The van der Waals surface area contributed by atoms with Gasteiger partial charge in [-0.15, -0.1) is 0 Å². The van der Waals surface area contributed by atoms with E-state index in [0.29, 0.717) is 18.8 Å². The number of anilines is 1. The van der Waals surface area contributed by atoms with Crippen LogP contribution in [0.3, 0.4) is 0 Å². The first kappa shape index (κ1) is 15.6. The molecule has 4 nitrogen and oxygen atoms in total. The Labute approximate surface area is 120 Å².